The van der Waals surface area contributed by atoms with Crippen molar-refractivity contribution in [1.29, 1.82) is 0 Å². The zero-order valence-corrected chi connectivity index (χ0v) is 19.2. The van der Waals surface area contributed by atoms with E-state index in [1.807, 2.05) is 26.8 Å². The second-order valence-corrected chi connectivity index (χ2v) is 9.28. The number of aromatic nitrogens is 2. The average molecular weight is 444 g/mol. The Balaban J connectivity index is 1.36. The van der Waals surface area contributed by atoms with Crippen LogP contribution in [0.3, 0.4) is 0 Å². The molecule has 8 heteroatoms. The van der Waals surface area contributed by atoms with Crippen LogP contribution < -0.4 is 10.1 Å². The first kappa shape index (κ1) is 22.7. The molecule has 2 fully saturated rings. The summed E-state index contributed by atoms with van der Waals surface area (Å²) in [5, 5.41) is 6.88. The van der Waals surface area contributed by atoms with Crippen LogP contribution in [0.1, 0.15) is 74.1 Å². The lowest BCUT2D eigenvalue weighted by Gasteiger charge is -2.21. The highest BCUT2D eigenvalue weighted by atomic mass is 16.5. The van der Waals surface area contributed by atoms with Crippen LogP contribution in [0.15, 0.2) is 22.7 Å². The second-order valence-electron chi connectivity index (χ2n) is 9.28. The number of carbonyl (C=O) groups excluding carboxylic acids is 1. The molecule has 2 saturated carbocycles. The first-order valence-electron chi connectivity index (χ1n) is 11.5. The molecule has 0 spiro atoms. The Morgan fingerprint density at radius 3 is 2.69 bits per heavy atom. The van der Waals surface area contributed by atoms with Crippen molar-refractivity contribution in [3.05, 3.63) is 35.2 Å². The summed E-state index contributed by atoms with van der Waals surface area (Å²) >= 11 is 0. The Morgan fingerprint density at radius 2 is 1.97 bits per heavy atom. The number of hydrogen-bond donors (Lipinski definition) is 1. The van der Waals surface area contributed by atoms with Gasteiger partial charge in [-0.05, 0) is 50.5 Å². The van der Waals surface area contributed by atoms with Gasteiger partial charge in [-0.1, -0.05) is 25.1 Å². The summed E-state index contributed by atoms with van der Waals surface area (Å²) in [6, 6.07) is 5.45. The molecule has 2 aliphatic rings. The van der Waals surface area contributed by atoms with Crippen molar-refractivity contribution in [3.8, 4) is 5.88 Å². The van der Waals surface area contributed by atoms with Crippen LogP contribution >= 0.6 is 0 Å². The van der Waals surface area contributed by atoms with Crippen LogP contribution in [0.2, 0.25) is 0 Å². The molecule has 0 atom stereocenters. The van der Waals surface area contributed by atoms with E-state index in [1.165, 1.54) is 12.8 Å². The average Bonchev–Trinajstić information content (AvgIpc) is 3.71. The monoisotopic (exact) mass is 443 g/mol. The molecule has 1 N–H and O–H groups in total. The van der Waals surface area contributed by atoms with Crippen LogP contribution in [-0.2, 0) is 14.9 Å². The van der Waals surface area contributed by atoms with Crippen LogP contribution in [0.5, 0.6) is 5.88 Å². The Kier molecular flexibility index (Phi) is 7.10. The fourth-order valence-electron chi connectivity index (χ4n) is 3.37. The maximum atomic E-state index is 12.8. The molecule has 8 nitrogen and oxygen atoms in total. The van der Waals surface area contributed by atoms with E-state index in [0.717, 1.165) is 18.4 Å². The van der Waals surface area contributed by atoms with E-state index in [-0.39, 0.29) is 17.2 Å². The highest BCUT2D eigenvalue weighted by Crippen LogP contribution is 2.44. The minimum atomic E-state index is -0.368. The standard InChI is InChI=1S/C24H33N3O5/c1-4-29-11-12-30-15-24(2,3)20-13-21(32-27-20)26-22(28)19-10-9-18(17-7-8-17)23(25-19)31-14-16-5-6-16/h9-10,13,16-17H,4-8,11-12,14-15H2,1-3H3,(H,26,28). The van der Waals surface area contributed by atoms with E-state index in [0.29, 0.717) is 62.1 Å². The molecule has 4 rings (SSSR count). The zero-order chi connectivity index (χ0) is 22.6. The number of carbonyl (C=O) groups is 1. The number of ether oxygens (including phenoxy) is 3. The number of nitrogens with zero attached hydrogens (tertiary/aromatic N) is 2. The van der Waals surface area contributed by atoms with Crippen molar-refractivity contribution in [2.24, 2.45) is 5.92 Å². The SMILES string of the molecule is CCOCCOCC(C)(C)c1cc(NC(=O)c2ccc(C3CC3)c(OCC3CC3)n2)on1. The fraction of sp³-hybridized carbons (Fsp3) is 0.625. The molecule has 2 heterocycles. The van der Waals surface area contributed by atoms with Crippen molar-refractivity contribution < 1.29 is 23.5 Å². The predicted octanol–water partition coefficient (Wildman–Crippen LogP) is 4.32. The molecule has 32 heavy (non-hydrogen) atoms. The Bertz CT molecular complexity index is 918. The van der Waals surface area contributed by atoms with Gasteiger partial charge >= 0.3 is 0 Å². The molecule has 0 unspecified atom stereocenters. The summed E-state index contributed by atoms with van der Waals surface area (Å²) in [5.41, 5.74) is 1.74. The normalized spacial score (nSPS) is 16.2. The van der Waals surface area contributed by atoms with Gasteiger partial charge in [0, 0.05) is 23.7 Å². The number of hydrogen-bond acceptors (Lipinski definition) is 7. The maximum Gasteiger partial charge on any atom is 0.276 e. The van der Waals surface area contributed by atoms with E-state index >= 15 is 0 Å². The molecule has 0 radical (unpaired) electrons. The number of nitrogens with one attached hydrogen (secondary N) is 1. The lowest BCUT2D eigenvalue weighted by Crippen LogP contribution is -2.25. The van der Waals surface area contributed by atoms with Crippen molar-refractivity contribution in [2.45, 2.75) is 57.8 Å². The van der Waals surface area contributed by atoms with Gasteiger partial charge in [0.15, 0.2) is 0 Å². The fourth-order valence-corrected chi connectivity index (χ4v) is 3.37. The van der Waals surface area contributed by atoms with Crippen molar-refractivity contribution in [3.63, 3.8) is 0 Å². The van der Waals surface area contributed by atoms with Crippen molar-refractivity contribution in [2.75, 3.05) is 38.4 Å². The van der Waals surface area contributed by atoms with Gasteiger partial charge in [-0.2, -0.15) is 0 Å². The smallest absolute Gasteiger partial charge is 0.276 e. The summed E-state index contributed by atoms with van der Waals surface area (Å²) in [7, 11) is 0. The first-order chi connectivity index (χ1) is 15.5. The van der Waals surface area contributed by atoms with E-state index in [9.17, 15) is 4.79 Å². The molecule has 0 aromatic carbocycles. The van der Waals surface area contributed by atoms with Gasteiger partial charge in [-0.15, -0.1) is 0 Å². The summed E-state index contributed by atoms with van der Waals surface area (Å²) in [4.78, 5) is 17.3. The lowest BCUT2D eigenvalue weighted by atomic mass is 9.90. The first-order valence-corrected chi connectivity index (χ1v) is 11.5. The Morgan fingerprint density at radius 1 is 1.19 bits per heavy atom. The molecule has 0 aliphatic heterocycles. The van der Waals surface area contributed by atoms with Crippen LogP contribution in [0.4, 0.5) is 5.88 Å². The summed E-state index contributed by atoms with van der Waals surface area (Å²) < 4.78 is 22.3. The topological polar surface area (TPSA) is 95.7 Å². The van der Waals surface area contributed by atoms with E-state index in [4.69, 9.17) is 18.7 Å². The van der Waals surface area contributed by atoms with Crippen molar-refractivity contribution in [1.82, 2.24) is 10.1 Å². The van der Waals surface area contributed by atoms with Gasteiger partial charge in [-0.3, -0.25) is 10.1 Å². The van der Waals surface area contributed by atoms with E-state index in [1.54, 1.807) is 12.1 Å². The highest BCUT2D eigenvalue weighted by Gasteiger charge is 2.30. The number of rotatable bonds is 13. The predicted molar refractivity (Wildman–Crippen MR) is 119 cm³/mol. The molecule has 2 aromatic rings. The second kappa shape index (κ2) is 10.0. The largest absolute Gasteiger partial charge is 0.477 e. The minimum Gasteiger partial charge on any atom is -0.477 e. The number of amides is 1. The highest BCUT2D eigenvalue weighted by molar-refractivity contribution is 6.02. The number of pyridine rings is 1. The van der Waals surface area contributed by atoms with Gasteiger partial charge in [0.25, 0.3) is 5.91 Å². The van der Waals surface area contributed by atoms with Gasteiger partial charge in [0.1, 0.15) is 5.69 Å². The molecule has 2 aliphatic carbocycles. The molecule has 1 amide bonds. The molecule has 0 bridgehead atoms. The summed E-state index contributed by atoms with van der Waals surface area (Å²) in [6.07, 6.45) is 4.72. The molecule has 2 aromatic heterocycles. The molecule has 0 saturated heterocycles. The quantitative estimate of drug-likeness (QED) is 0.461. The Hall–Kier alpha value is -2.45. The zero-order valence-electron chi connectivity index (χ0n) is 19.2. The maximum absolute atomic E-state index is 12.8. The third kappa shape index (κ3) is 6.07. The van der Waals surface area contributed by atoms with Gasteiger partial charge in [0.2, 0.25) is 11.8 Å². The third-order valence-corrected chi connectivity index (χ3v) is 5.77. The van der Waals surface area contributed by atoms with Crippen LogP contribution in [0, 0.1) is 5.92 Å². The van der Waals surface area contributed by atoms with Gasteiger partial charge < -0.3 is 18.7 Å². The van der Waals surface area contributed by atoms with Crippen molar-refractivity contribution >= 4 is 11.8 Å². The van der Waals surface area contributed by atoms with Crippen LogP contribution in [0.25, 0.3) is 0 Å². The van der Waals surface area contributed by atoms with E-state index in [2.05, 4.69) is 15.5 Å². The summed E-state index contributed by atoms with van der Waals surface area (Å²) in [6.45, 7) is 8.87. The Labute approximate surface area is 189 Å². The van der Waals surface area contributed by atoms with Gasteiger partial charge in [0.05, 0.1) is 32.1 Å². The minimum absolute atomic E-state index is 0.279. The summed E-state index contributed by atoms with van der Waals surface area (Å²) in [5.74, 6) is 1.65. The van der Waals surface area contributed by atoms with Crippen LogP contribution in [-0.4, -0.2) is 49.1 Å². The van der Waals surface area contributed by atoms with Gasteiger partial charge in [-0.25, -0.2) is 4.98 Å². The third-order valence-electron chi connectivity index (χ3n) is 5.77. The lowest BCUT2D eigenvalue weighted by molar-refractivity contribution is 0.0339. The molecule has 174 valence electrons. The van der Waals surface area contributed by atoms with E-state index < -0.39 is 0 Å². The number of anilines is 1. The molecular formula is C24H33N3O5. The molecular weight excluding hydrogens is 410 g/mol.